The monoisotopic (exact) mass is 414 g/mol. The van der Waals surface area contributed by atoms with Crippen molar-refractivity contribution >= 4 is 0 Å². The Labute approximate surface area is 189 Å². The molecule has 2 nitrogen and oxygen atoms in total. The molecule has 3 rings (SSSR count). The van der Waals surface area contributed by atoms with Crippen molar-refractivity contribution in [3.63, 3.8) is 0 Å². The summed E-state index contributed by atoms with van der Waals surface area (Å²) in [6, 6.07) is 16.0. The van der Waals surface area contributed by atoms with Gasteiger partial charge in [0.1, 0.15) is 5.82 Å². The van der Waals surface area contributed by atoms with Crippen LogP contribution in [0.1, 0.15) is 107 Å². The van der Waals surface area contributed by atoms with Crippen LogP contribution in [0.4, 0.5) is 0 Å². The molecule has 1 aromatic heterocycles. The molecule has 2 heteroatoms. The van der Waals surface area contributed by atoms with E-state index in [0.29, 0.717) is 23.7 Å². The number of nitrogens with zero attached hydrogens (tertiary/aromatic N) is 2. The van der Waals surface area contributed by atoms with Crippen molar-refractivity contribution in [1.82, 2.24) is 9.97 Å². The normalized spacial score (nSPS) is 11.9. The van der Waals surface area contributed by atoms with Gasteiger partial charge in [0.15, 0.2) is 0 Å². The van der Waals surface area contributed by atoms with Crippen LogP contribution in [-0.4, -0.2) is 9.97 Å². The highest BCUT2D eigenvalue weighted by Gasteiger charge is 2.14. The number of benzene rings is 2. The van der Waals surface area contributed by atoms with Crippen molar-refractivity contribution in [1.29, 1.82) is 0 Å². The lowest BCUT2D eigenvalue weighted by Gasteiger charge is -2.16. The molecule has 164 valence electrons. The van der Waals surface area contributed by atoms with Gasteiger partial charge in [0.2, 0.25) is 0 Å². The minimum Gasteiger partial charge on any atom is -0.233 e. The number of aryl methyl sites for hydroxylation is 1. The molecule has 0 saturated heterocycles. The lowest BCUT2D eigenvalue weighted by atomic mass is 9.91. The Hall–Kier alpha value is -2.48. The molecule has 31 heavy (non-hydrogen) atoms. The maximum Gasteiger partial charge on any atom is 0.126 e. The van der Waals surface area contributed by atoms with Crippen LogP contribution in [0.15, 0.2) is 42.5 Å². The van der Waals surface area contributed by atoms with E-state index in [-0.39, 0.29) is 0 Å². The molecule has 1 heterocycles. The van der Waals surface area contributed by atoms with Crippen molar-refractivity contribution in [3.8, 4) is 22.5 Å². The topological polar surface area (TPSA) is 25.8 Å². The molecule has 0 radical (unpaired) electrons. The minimum absolute atomic E-state index is 0.483. The van der Waals surface area contributed by atoms with Gasteiger partial charge in [-0.15, -0.1) is 0 Å². The first-order valence-corrected chi connectivity index (χ1v) is 11.7. The summed E-state index contributed by atoms with van der Waals surface area (Å²) < 4.78 is 0. The van der Waals surface area contributed by atoms with Crippen LogP contribution in [0.5, 0.6) is 0 Å². The van der Waals surface area contributed by atoms with Crippen molar-refractivity contribution in [2.75, 3.05) is 0 Å². The zero-order valence-corrected chi connectivity index (χ0v) is 20.7. The summed E-state index contributed by atoms with van der Waals surface area (Å²) in [5, 5.41) is 0. The Balaban J connectivity index is 2.18. The summed E-state index contributed by atoms with van der Waals surface area (Å²) in [5.41, 5.74) is 9.84. The summed E-state index contributed by atoms with van der Waals surface area (Å²) in [6.45, 7) is 20.0. The summed E-state index contributed by atoms with van der Waals surface area (Å²) in [4.78, 5) is 9.67. The molecule has 0 aliphatic rings. The van der Waals surface area contributed by atoms with Gasteiger partial charge in [-0.05, 0) is 83.2 Å². The fraction of sp³-hybridized carbons (Fsp3) is 0.448. The number of hydrogen-bond acceptors (Lipinski definition) is 2. The van der Waals surface area contributed by atoms with Crippen molar-refractivity contribution < 1.29 is 0 Å². The van der Waals surface area contributed by atoms with E-state index in [4.69, 9.17) is 9.97 Å². The summed E-state index contributed by atoms with van der Waals surface area (Å²) in [6.07, 6.45) is 0. The van der Waals surface area contributed by atoms with E-state index < -0.39 is 0 Å². The second kappa shape index (κ2) is 9.34. The van der Waals surface area contributed by atoms with Crippen LogP contribution in [-0.2, 0) is 0 Å². The standard InChI is InChI=1S/C29H38N2/c1-17(2)22-10-23(18(3)4)13-26(12-22)28-16-29(31-21(9)30-28)27-14-24(19(5)6)11-25(15-27)20(7)8/h10-20H,1-9H3. The highest BCUT2D eigenvalue weighted by molar-refractivity contribution is 5.70. The Morgan fingerprint density at radius 3 is 1.00 bits per heavy atom. The molecule has 0 saturated carbocycles. The molecule has 0 amide bonds. The summed E-state index contributed by atoms with van der Waals surface area (Å²) in [5.74, 6) is 2.74. The minimum atomic E-state index is 0.483. The van der Waals surface area contributed by atoms with E-state index in [0.717, 1.165) is 17.2 Å². The zero-order valence-electron chi connectivity index (χ0n) is 20.7. The third-order valence-electron chi connectivity index (χ3n) is 6.05. The predicted molar refractivity (Wildman–Crippen MR) is 134 cm³/mol. The first kappa shape index (κ1) is 23.2. The maximum absolute atomic E-state index is 4.83. The van der Waals surface area contributed by atoms with Gasteiger partial charge < -0.3 is 0 Å². The van der Waals surface area contributed by atoms with Crippen LogP contribution >= 0.6 is 0 Å². The van der Waals surface area contributed by atoms with E-state index in [2.05, 4.69) is 97.9 Å². The smallest absolute Gasteiger partial charge is 0.126 e. The molecule has 0 fully saturated rings. The van der Waals surface area contributed by atoms with Crippen LogP contribution in [0.2, 0.25) is 0 Å². The van der Waals surface area contributed by atoms with Gasteiger partial charge in [-0.25, -0.2) is 9.97 Å². The molecule has 3 aromatic rings. The molecule has 0 bridgehead atoms. The van der Waals surface area contributed by atoms with Gasteiger partial charge in [0, 0.05) is 11.1 Å². The van der Waals surface area contributed by atoms with Crippen LogP contribution in [0, 0.1) is 6.92 Å². The molecule has 0 unspecified atom stereocenters. The number of rotatable bonds is 6. The Morgan fingerprint density at radius 1 is 0.452 bits per heavy atom. The van der Waals surface area contributed by atoms with Gasteiger partial charge in [0.25, 0.3) is 0 Å². The average Bonchev–Trinajstić information content (AvgIpc) is 2.72. The molecule has 0 spiro atoms. The molecule has 0 atom stereocenters. The Kier molecular flexibility index (Phi) is 6.99. The van der Waals surface area contributed by atoms with E-state index in [1.165, 1.54) is 33.4 Å². The average molecular weight is 415 g/mol. The number of hydrogen-bond donors (Lipinski definition) is 0. The van der Waals surface area contributed by atoms with Crippen LogP contribution in [0.25, 0.3) is 22.5 Å². The largest absolute Gasteiger partial charge is 0.233 e. The van der Waals surface area contributed by atoms with E-state index in [1.807, 2.05) is 6.92 Å². The highest BCUT2D eigenvalue weighted by Crippen LogP contribution is 2.32. The lowest BCUT2D eigenvalue weighted by molar-refractivity contribution is 0.834. The Bertz CT molecular complexity index is 924. The van der Waals surface area contributed by atoms with E-state index in [1.54, 1.807) is 0 Å². The molecular formula is C29H38N2. The highest BCUT2D eigenvalue weighted by atomic mass is 14.9. The predicted octanol–water partition coefficient (Wildman–Crippen LogP) is 8.61. The summed E-state index contributed by atoms with van der Waals surface area (Å²) in [7, 11) is 0. The fourth-order valence-corrected chi connectivity index (χ4v) is 3.85. The van der Waals surface area contributed by atoms with Crippen LogP contribution < -0.4 is 0 Å². The second-order valence-electron chi connectivity index (χ2n) is 10.1. The molecule has 2 aromatic carbocycles. The van der Waals surface area contributed by atoms with Crippen molar-refractivity contribution in [2.24, 2.45) is 0 Å². The van der Waals surface area contributed by atoms with Crippen molar-refractivity contribution in [2.45, 2.75) is 86.0 Å². The van der Waals surface area contributed by atoms with Gasteiger partial charge in [-0.2, -0.15) is 0 Å². The third-order valence-corrected chi connectivity index (χ3v) is 6.05. The first-order chi connectivity index (χ1) is 14.5. The molecular weight excluding hydrogens is 376 g/mol. The fourth-order valence-electron chi connectivity index (χ4n) is 3.85. The zero-order chi connectivity index (χ0) is 22.9. The quantitative estimate of drug-likeness (QED) is 0.403. The van der Waals surface area contributed by atoms with Gasteiger partial charge >= 0.3 is 0 Å². The second-order valence-corrected chi connectivity index (χ2v) is 10.1. The lowest BCUT2D eigenvalue weighted by Crippen LogP contribution is -2.00. The molecule has 0 aliphatic heterocycles. The molecule has 0 N–H and O–H groups in total. The Morgan fingerprint density at radius 2 is 0.742 bits per heavy atom. The third kappa shape index (κ3) is 5.42. The summed E-state index contributed by atoms with van der Waals surface area (Å²) >= 11 is 0. The number of aromatic nitrogens is 2. The SMILES string of the molecule is Cc1nc(-c2cc(C(C)C)cc(C(C)C)c2)cc(-c2cc(C(C)C)cc(C(C)C)c2)n1. The molecule has 0 aliphatic carbocycles. The van der Waals surface area contributed by atoms with E-state index in [9.17, 15) is 0 Å². The maximum atomic E-state index is 4.83. The van der Waals surface area contributed by atoms with Crippen molar-refractivity contribution in [3.05, 3.63) is 70.5 Å². The van der Waals surface area contributed by atoms with Crippen LogP contribution in [0.3, 0.4) is 0 Å². The van der Waals surface area contributed by atoms with E-state index >= 15 is 0 Å². The van der Waals surface area contributed by atoms with Gasteiger partial charge in [0.05, 0.1) is 11.4 Å². The van der Waals surface area contributed by atoms with Gasteiger partial charge in [-0.3, -0.25) is 0 Å². The van der Waals surface area contributed by atoms with Gasteiger partial charge in [-0.1, -0.05) is 67.5 Å². The first-order valence-electron chi connectivity index (χ1n) is 11.7.